The van der Waals surface area contributed by atoms with E-state index in [4.69, 9.17) is 9.47 Å². The third-order valence-electron chi connectivity index (χ3n) is 2.54. The van der Waals surface area contributed by atoms with Crippen molar-refractivity contribution in [2.24, 2.45) is 0 Å². The lowest BCUT2D eigenvalue weighted by molar-refractivity contribution is -0.153. The number of hydrogen-bond acceptors (Lipinski definition) is 5. The zero-order valence-electron chi connectivity index (χ0n) is 12.6. The van der Waals surface area contributed by atoms with E-state index in [0.29, 0.717) is 6.61 Å². The van der Waals surface area contributed by atoms with E-state index in [1.165, 1.54) is 6.92 Å². The summed E-state index contributed by atoms with van der Waals surface area (Å²) >= 11 is 0. The molecule has 0 fully saturated rings. The molecular formula is C14H25NO5. The summed E-state index contributed by atoms with van der Waals surface area (Å²) in [6.07, 6.45) is 3.14. The first-order valence-corrected chi connectivity index (χ1v) is 7.10. The van der Waals surface area contributed by atoms with Crippen molar-refractivity contribution in [1.29, 1.82) is 0 Å². The second kappa shape index (κ2) is 11.3. The zero-order valence-corrected chi connectivity index (χ0v) is 12.6. The largest absolute Gasteiger partial charge is 0.466 e. The molecule has 0 spiro atoms. The fraction of sp³-hybridized carbons (Fsp3) is 0.786. The standard InChI is InChI=1S/C14H25NO5/c1-4-6-8-19-13(17)10-12(15-11(3)16)14(18)20-9-7-5-2/h12H,4-10H2,1-3H3,(H,15,16)/t12-/m0/s1. The molecule has 116 valence electrons. The molecule has 0 rings (SSSR count). The summed E-state index contributed by atoms with van der Waals surface area (Å²) in [6.45, 7) is 5.86. The molecule has 0 aromatic heterocycles. The molecular weight excluding hydrogens is 262 g/mol. The van der Waals surface area contributed by atoms with Crippen molar-refractivity contribution in [3.8, 4) is 0 Å². The van der Waals surface area contributed by atoms with E-state index in [2.05, 4.69) is 5.32 Å². The Morgan fingerprint density at radius 1 is 1.00 bits per heavy atom. The normalized spacial score (nSPS) is 11.6. The van der Waals surface area contributed by atoms with Gasteiger partial charge in [-0.15, -0.1) is 0 Å². The van der Waals surface area contributed by atoms with Gasteiger partial charge in [0.25, 0.3) is 0 Å². The Morgan fingerprint density at radius 2 is 1.55 bits per heavy atom. The van der Waals surface area contributed by atoms with Crippen LogP contribution in [0.2, 0.25) is 0 Å². The number of ether oxygens (including phenoxy) is 2. The molecule has 0 aromatic rings. The van der Waals surface area contributed by atoms with Crippen LogP contribution in [0.5, 0.6) is 0 Å². The molecule has 20 heavy (non-hydrogen) atoms. The zero-order chi connectivity index (χ0) is 15.4. The van der Waals surface area contributed by atoms with Gasteiger partial charge in [-0.2, -0.15) is 0 Å². The Balaban J connectivity index is 4.28. The molecule has 1 amide bonds. The van der Waals surface area contributed by atoms with Crippen molar-refractivity contribution in [2.45, 2.75) is 58.9 Å². The van der Waals surface area contributed by atoms with Crippen molar-refractivity contribution in [1.82, 2.24) is 5.32 Å². The van der Waals surface area contributed by atoms with Crippen LogP contribution in [-0.4, -0.2) is 37.1 Å². The molecule has 0 aromatic carbocycles. The van der Waals surface area contributed by atoms with Gasteiger partial charge < -0.3 is 14.8 Å². The summed E-state index contributed by atoms with van der Waals surface area (Å²) in [7, 11) is 0. The number of hydrogen-bond donors (Lipinski definition) is 1. The fourth-order valence-corrected chi connectivity index (χ4v) is 1.41. The second-order valence-electron chi connectivity index (χ2n) is 4.55. The van der Waals surface area contributed by atoms with Gasteiger partial charge in [0, 0.05) is 6.92 Å². The predicted octanol–water partition coefficient (Wildman–Crippen LogP) is 1.57. The molecule has 6 heteroatoms. The number of unbranched alkanes of at least 4 members (excludes halogenated alkanes) is 2. The van der Waals surface area contributed by atoms with Gasteiger partial charge >= 0.3 is 11.9 Å². The summed E-state index contributed by atoms with van der Waals surface area (Å²) in [5.41, 5.74) is 0. The van der Waals surface area contributed by atoms with Crippen molar-refractivity contribution in [3.05, 3.63) is 0 Å². The van der Waals surface area contributed by atoms with Crippen LogP contribution >= 0.6 is 0 Å². The Morgan fingerprint density at radius 3 is 2.05 bits per heavy atom. The van der Waals surface area contributed by atoms with Crippen LogP contribution in [0.4, 0.5) is 0 Å². The van der Waals surface area contributed by atoms with Crippen LogP contribution < -0.4 is 5.32 Å². The highest BCUT2D eigenvalue weighted by Crippen LogP contribution is 2.01. The van der Waals surface area contributed by atoms with Crippen LogP contribution in [0, 0.1) is 0 Å². The molecule has 0 aliphatic rings. The number of amides is 1. The predicted molar refractivity (Wildman–Crippen MR) is 74.0 cm³/mol. The minimum absolute atomic E-state index is 0.200. The van der Waals surface area contributed by atoms with Gasteiger partial charge in [0.1, 0.15) is 6.04 Å². The lowest BCUT2D eigenvalue weighted by Crippen LogP contribution is -2.42. The van der Waals surface area contributed by atoms with Gasteiger partial charge in [0.15, 0.2) is 0 Å². The first-order valence-electron chi connectivity index (χ1n) is 7.10. The molecule has 0 saturated carbocycles. The molecule has 0 aliphatic heterocycles. The Hall–Kier alpha value is -1.59. The summed E-state index contributed by atoms with van der Waals surface area (Å²) < 4.78 is 9.98. The fourth-order valence-electron chi connectivity index (χ4n) is 1.41. The Kier molecular flexibility index (Phi) is 10.4. The number of carbonyl (C=O) groups excluding carboxylic acids is 3. The van der Waals surface area contributed by atoms with Gasteiger partial charge in [0.2, 0.25) is 5.91 Å². The van der Waals surface area contributed by atoms with E-state index in [0.717, 1.165) is 25.7 Å². The van der Waals surface area contributed by atoms with E-state index in [-0.39, 0.29) is 18.9 Å². The highest BCUT2D eigenvalue weighted by Gasteiger charge is 2.24. The quantitative estimate of drug-likeness (QED) is 0.487. The van der Waals surface area contributed by atoms with E-state index >= 15 is 0 Å². The van der Waals surface area contributed by atoms with E-state index in [9.17, 15) is 14.4 Å². The Labute approximate surface area is 120 Å². The molecule has 0 saturated heterocycles. The maximum atomic E-state index is 11.8. The topological polar surface area (TPSA) is 81.7 Å². The van der Waals surface area contributed by atoms with Crippen LogP contribution in [0.15, 0.2) is 0 Å². The average Bonchev–Trinajstić information content (AvgIpc) is 2.38. The van der Waals surface area contributed by atoms with Crippen LogP contribution in [0.25, 0.3) is 0 Å². The lowest BCUT2D eigenvalue weighted by atomic mass is 10.2. The highest BCUT2D eigenvalue weighted by molar-refractivity contribution is 5.87. The molecule has 6 nitrogen and oxygen atoms in total. The smallest absolute Gasteiger partial charge is 0.329 e. The molecule has 1 atom stereocenters. The molecule has 0 unspecified atom stereocenters. The van der Waals surface area contributed by atoms with Crippen molar-refractivity contribution >= 4 is 17.8 Å². The third-order valence-corrected chi connectivity index (χ3v) is 2.54. The van der Waals surface area contributed by atoms with Crippen LogP contribution in [0.1, 0.15) is 52.9 Å². The van der Waals surface area contributed by atoms with Gasteiger partial charge in [0.05, 0.1) is 19.6 Å². The number of carbonyl (C=O) groups is 3. The third kappa shape index (κ3) is 9.35. The summed E-state index contributed by atoms with van der Waals surface area (Å²) in [4.78, 5) is 34.4. The van der Waals surface area contributed by atoms with Crippen LogP contribution in [0.3, 0.4) is 0 Å². The summed E-state index contributed by atoms with van der Waals surface area (Å²) in [5, 5.41) is 2.41. The number of nitrogens with one attached hydrogen (secondary N) is 1. The van der Waals surface area contributed by atoms with Crippen molar-refractivity contribution in [3.63, 3.8) is 0 Å². The average molecular weight is 287 g/mol. The molecule has 0 aliphatic carbocycles. The Bertz CT molecular complexity index is 317. The summed E-state index contributed by atoms with van der Waals surface area (Å²) in [6, 6.07) is -0.974. The minimum atomic E-state index is -0.974. The minimum Gasteiger partial charge on any atom is -0.466 e. The van der Waals surface area contributed by atoms with Crippen molar-refractivity contribution < 1.29 is 23.9 Å². The van der Waals surface area contributed by atoms with Crippen LogP contribution in [-0.2, 0) is 23.9 Å². The van der Waals surface area contributed by atoms with E-state index in [1.807, 2.05) is 13.8 Å². The van der Waals surface area contributed by atoms with Gasteiger partial charge in [-0.1, -0.05) is 26.7 Å². The summed E-state index contributed by atoms with van der Waals surface area (Å²) in [5.74, 6) is -1.49. The number of esters is 2. The first kappa shape index (κ1) is 18.4. The lowest BCUT2D eigenvalue weighted by Gasteiger charge is -2.16. The highest BCUT2D eigenvalue weighted by atomic mass is 16.5. The van der Waals surface area contributed by atoms with Gasteiger partial charge in [-0.25, -0.2) is 4.79 Å². The van der Waals surface area contributed by atoms with Gasteiger partial charge in [-0.05, 0) is 12.8 Å². The number of rotatable bonds is 10. The maximum absolute atomic E-state index is 11.8. The SMILES string of the molecule is CCCCOC(=O)C[C@H](NC(C)=O)C(=O)OCCCC. The van der Waals surface area contributed by atoms with Crippen molar-refractivity contribution in [2.75, 3.05) is 13.2 Å². The molecule has 0 heterocycles. The van der Waals surface area contributed by atoms with Gasteiger partial charge in [-0.3, -0.25) is 9.59 Å². The maximum Gasteiger partial charge on any atom is 0.329 e. The monoisotopic (exact) mass is 287 g/mol. The second-order valence-corrected chi connectivity index (χ2v) is 4.55. The molecule has 0 radical (unpaired) electrons. The van der Waals surface area contributed by atoms with E-state index in [1.54, 1.807) is 0 Å². The van der Waals surface area contributed by atoms with E-state index < -0.39 is 18.0 Å². The molecule has 0 bridgehead atoms. The molecule has 1 N–H and O–H groups in total. The first-order chi connectivity index (χ1) is 9.51.